The maximum absolute atomic E-state index is 12.6. The van der Waals surface area contributed by atoms with E-state index in [4.69, 9.17) is 9.47 Å². The van der Waals surface area contributed by atoms with Gasteiger partial charge in [-0.25, -0.2) is 4.98 Å². The first-order valence-corrected chi connectivity index (χ1v) is 9.86. The van der Waals surface area contributed by atoms with Crippen molar-refractivity contribution in [1.29, 1.82) is 0 Å². The molecule has 1 amide bonds. The van der Waals surface area contributed by atoms with Crippen LogP contribution in [0.4, 0.5) is 5.82 Å². The van der Waals surface area contributed by atoms with Crippen molar-refractivity contribution < 1.29 is 14.3 Å². The zero-order chi connectivity index (χ0) is 21.1. The van der Waals surface area contributed by atoms with E-state index in [1.165, 1.54) is 4.68 Å². The number of aryl methyl sites for hydroxylation is 2. The van der Waals surface area contributed by atoms with Crippen molar-refractivity contribution in [2.75, 3.05) is 12.4 Å². The highest BCUT2D eigenvalue weighted by Crippen LogP contribution is 2.36. The minimum atomic E-state index is -0.267. The second-order valence-electron chi connectivity index (χ2n) is 7.44. The fourth-order valence-corrected chi connectivity index (χ4v) is 3.75. The van der Waals surface area contributed by atoms with Gasteiger partial charge in [0.2, 0.25) is 5.88 Å². The van der Waals surface area contributed by atoms with Gasteiger partial charge in [-0.1, -0.05) is 0 Å². The molecule has 3 heterocycles. The predicted octanol–water partition coefficient (Wildman–Crippen LogP) is 2.36. The smallest absolute Gasteiger partial charge is 0.275 e. The van der Waals surface area contributed by atoms with E-state index in [1.54, 1.807) is 32.6 Å². The Morgan fingerprint density at radius 2 is 2.13 bits per heavy atom. The average molecular weight is 411 g/mol. The summed E-state index contributed by atoms with van der Waals surface area (Å²) in [5.41, 5.74) is 2.91. The predicted molar refractivity (Wildman–Crippen MR) is 108 cm³/mol. The highest BCUT2D eigenvalue weighted by molar-refractivity contribution is 6.02. The lowest BCUT2D eigenvalue weighted by Gasteiger charge is -2.13. The van der Waals surface area contributed by atoms with Gasteiger partial charge >= 0.3 is 0 Å². The van der Waals surface area contributed by atoms with Gasteiger partial charge < -0.3 is 14.8 Å². The number of carbonyl (C=O) groups excluding carboxylic acids is 1. The lowest BCUT2D eigenvalue weighted by atomic mass is 10.0. The molecule has 2 atom stereocenters. The number of anilines is 1. The van der Waals surface area contributed by atoms with E-state index in [0.29, 0.717) is 29.7 Å². The van der Waals surface area contributed by atoms with E-state index in [9.17, 15) is 4.79 Å². The number of nitrogens with one attached hydrogen (secondary N) is 2. The van der Waals surface area contributed by atoms with Gasteiger partial charge in [0.15, 0.2) is 5.82 Å². The van der Waals surface area contributed by atoms with Gasteiger partial charge in [-0.3, -0.25) is 19.6 Å². The van der Waals surface area contributed by atoms with E-state index in [-0.39, 0.29) is 17.9 Å². The van der Waals surface area contributed by atoms with E-state index >= 15 is 0 Å². The SMILES string of the molecule is COCc1cc(C(=O)Nc2cc(C3CCC(Oc4nccnc4C)C3)[nH]n2)n(C)n1. The number of carbonyl (C=O) groups is 1. The van der Waals surface area contributed by atoms with Gasteiger partial charge in [-0.05, 0) is 32.3 Å². The summed E-state index contributed by atoms with van der Waals surface area (Å²) in [5, 5.41) is 14.4. The Morgan fingerprint density at radius 3 is 2.93 bits per heavy atom. The highest BCUT2D eigenvalue weighted by Gasteiger charge is 2.29. The lowest BCUT2D eigenvalue weighted by Crippen LogP contribution is -2.16. The maximum atomic E-state index is 12.6. The van der Waals surface area contributed by atoms with Crippen LogP contribution in [-0.2, 0) is 18.4 Å². The molecule has 1 saturated carbocycles. The number of ether oxygens (including phenoxy) is 2. The number of hydrogen-bond donors (Lipinski definition) is 2. The summed E-state index contributed by atoms with van der Waals surface area (Å²) in [6.45, 7) is 2.24. The Balaban J connectivity index is 1.36. The number of methoxy groups -OCH3 is 1. The Morgan fingerprint density at radius 1 is 1.30 bits per heavy atom. The third kappa shape index (κ3) is 4.33. The molecular formula is C20H25N7O3. The number of H-pyrrole nitrogens is 1. The van der Waals surface area contributed by atoms with Crippen molar-refractivity contribution in [2.24, 2.45) is 7.05 Å². The van der Waals surface area contributed by atoms with Crippen LogP contribution in [0.3, 0.4) is 0 Å². The van der Waals surface area contributed by atoms with Crippen molar-refractivity contribution in [3.8, 4) is 5.88 Å². The Bertz CT molecular complexity index is 1030. The van der Waals surface area contributed by atoms with E-state index < -0.39 is 0 Å². The van der Waals surface area contributed by atoms with E-state index in [1.807, 2.05) is 13.0 Å². The molecule has 0 radical (unpaired) electrons. The second-order valence-corrected chi connectivity index (χ2v) is 7.44. The first kappa shape index (κ1) is 20.0. The molecule has 0 bridgehead atoms. The van der Waals surface area contributed by atoms with Crippen LogP contribution in [0.2, 0.25) is 0 Å². The number of amides is 1. The van der Waals surface area contributed by atoms with Crippen LogP contribution in [0, 0.1) is 6.92 Å². The summed E-state index contributed by atoms with van der Waals surface area (Å²) in [4.78, 5) is 21.0. The first-order valence-electron chi connectivity index (χ1n) is 9.86. The topological polar surface area (TPSA) is 120 Å². The normalized spacial score (nSPS) is 18.5. The van der Waals surface area contributed by atoms with Gasteiger partial charge in [0, 0.05) is 44.2 Å². The quantitative estimate of drug-likeness (QED) is 0.612. The number of aromatic amines is 1. The molecule has 4 rings (SSSR count). The van der Waals surface area contributed by atoms with Crippen LogP contribution in [-0.4, -0.2) is 49.1 Å². The number of nitrogens with zero attached hydrogens (tertiary/aromatic N) is 5. The van der Waals surface area contributed by atoms with Gasteiger partial charge in [0.1, 0.15) is 11.8 Å². The van der Waals surface area contributed by atoms with Crippen LogP contribution < -0.4 is 10.1 Å². The average Bonchev–Trinajstić information content (AvgIpc) is 3.44. The molecule has 10 heteroatoms. The minimum Gasteiger partial charge on any atom is -0.473 e. The van der Waals surface area contributed by atoms with Crippen LogP contribution in [0.15, 0.2) is 24.5 Å². The van der Waals surface area contributed by atoms with Gasteiger partial charge in [0.25, 0.3) is 5.91 Å². The molecule has 0 saturated heterocycles. The summed E-state index contributed by atoms with van der Waals surface area (Å²) in [6, 6.07) is 3.59. The summed E-state index contributed by atoms with van der Waals surface area (Å²) in [6.07, 6.45) is 6.14. The minimum absolute atomic E-state index is 0.0837. The van der Waals surface area contributed by atoms with Crippen molar-refractivity contribution in [3.05, 3.63) is 47.3 Å². The van der Waals surface area contributed by atoms with Crippen molar-refractivity contribution >= 4 is 11.7 Å². The molecule has 30 heavy (non-hydrogen) atoms. The summed E-state index contributed by atoms with van der Waals surface area (Å²) < 4.78 is 12.6. The Kier molecular flexibility index (Phi) is 5.75. The third-order valence-electron chi connectivity index (χ3n) is 5.23. The van der Waals surface area contributed by atoms with Crippen molar-refractivity contribution in [2.45, 2.75) is 44.8 Å². The molecule has 3 aromatic heterocycles. The molecule has 0 aromatic carbocycles. The zero-order valence-corrected chi connectivity index (χ0v) is 17.3. The van der Waals surface area contributed by atoms with E-state index in [0.717, 1.165) is 30.7 Å². The maximum Gasteiger partial charge on any atom is 0.275 e. The number of rotatable bonds is 7. The van der Waals surface area contributed by atoms with Gasteiger partial charge in [-0.2, -0.15) is 10.2 Å². The van der Waals surface area contributed by atoms with Gasteiger partial charge in [0.05, 0.1) is 18.0 Å². The van der Waals surface area contributed by atoms with Crippen molar-refractivity contribution in [1.82, 2.24) is 29.9 Å². The van der Waals surface area contributed by atoms with Crippen LogP contribution >= 0.6 is 0 Å². The molecule has 0 aliphatic heterocycles. The third-order valence-corrected chi connectivity index (χ3v) is 5.23. The molecule has 0 spiro atoms. The number of aromatic nitrogens is 6. The van der Waals surface area contributed by atoms with Crippen LogP contribution in [0.25, 0.3) is 0 Å². The molecule has 10 nitrogen and oxygen atoms in total. The summed E-state index contributed by atoms with van der Waals surface area (Å²) in [7, 11) is 3.31. The molecule has 158 valence electrons. The molecular weight excluding hydrogens is 386 g/mol. The van der Waals surface area contributed by atoms with Gasteiger partial charge in [-0.15, -0.1) is 0 Å². The second kappa shape index (κ2) is 8.62. The molecule has 3 aromatic rings. The fourth-order valence-electron chi connectivity index (χ4n) is 3.75. The largest absolute Gasteiger partial charge is 0.473 e. The Hall–Kier alpha value is -3.27. The summed E-state index contributed by atoms with van der Waals surface area (Å²) >= 11 is 0. The molecule has 1 fully saturated rings. The zero-order valence-electron chi connectivity index (χ0n) is 17.3. The number of hydrogen-bond acceptors (Lipinski definition) is 7. The lowest BCUT2D eigenvalue weighted by molar-refractivity contribution is 0.101. The monoisotopic (exact) mass is 411 g/mol. The van der Waals surface area contributed by atoms with Crippen LogP contribution in [0.5, 0.6) is 5.88 Å². The highest BCUT2D eigenvalue weighted by atomic mass is 16.5. The van der Waals surface area contributed by atoms with Crippen LogP contribution in [0.1, 0.15) is 52.8 Å². The fraction of sp³-hybridized carbons (Fsp3) is 0.450. The first-order chi connectivity index (χ1) is 14.5. The Labute approximate surface area is 174 Å². The molecule has 2 unspecified atom stereocenters. The molecule has 2 N–H and O–H groups in total. The van der Waals surface area contributed by atoms with Crippen molar-refractivity contribution in [3.63, 3.8) is 0 Å². The molecule has 1 aliphatic carbocycles. The summed E-state index contributed by atoms with van der Waals surface area (Å²) in [5.74, 6) is 1.09. The molecule has 1 aliphatic rings. The van der Waals surface area contributed by atoms with E-state index in [2.05, 4.69) is 30.6 Å². The standard InChI is InChI=1S/C20H25N7O3/c1-12-20(22-7-6-21-12)30-15-5-4-13(8-15)16-10-18(25-24-16)23-19(28)17-9-14(11-29-3)26-27(17)2/h6-7,9-10,13,15H,4-5,8,11H2,1-3H3,(H2,23,24,25,28).